The van der Waals surface area contributed by atoms with E-state index in [4.69, 9.17) is 4.74 Å². The average Bonchev–Trinajstić information content (AvgIpc) is 3.30. The lowest BCUT2D eigenvalue weighted by Gasteiger charge is -2.34. The van der Waals surface area contributed by atoms with Gasteiger partial charge < -0.3 is 15.0 Å². The molecule has 1 aliphatic rings. The van der Waals surface area contributed by atoms with E-state index >= 15 is 0 Å². The Kier molecular flexibility index (Phi) is 8.85. The molecule has 3 amide bonds. The first-order chi connectivity index (χ1) is 17.5. The van der Waals surface area contributed by atoms with Crippen LogP contribution in [0.15, 0.2) is 48.5 Å². The molecule has 0 bridgehead atoms. The third-order valence-corrected chi connectivity index (χ3v) is 6.89. The number of aromatic nitrogens is 1. The number of nitrogens with one attached hydrogen (secondary N) is 2. The summed E-state index contributed by atoms with van der Waals surface area (Å²) >= 11 is 1.45. The summed E-state index contributed by atoms with van der Waals surface area (Å²) < 4.78 is 6.09. The molecule has 1 aromatic heterocycles. The van der Waals surface area contributed by atoms with Crippen LogP contribution < -0.4 is 10.6 Å². The van der Waals surface area contributed by atoms with Crippen LogP contribution in [0.2, 0.25) is 0 Å². The molecule has 2 aromatic carbocycles. The summed E-state index contributed by atoms with van der Waals surface area (Å²) in [6, 6.07) is 15.1. The van der Waals surface area contributed by atoms with Crippen molar-refractivity contribution in [2.24, 2.45) is 0 Å². The van der Waals surface area contributed by atoms with Crippen LogP contribution in [-0.4, -0.2) is 72.0 Å². The number of rotatable bonds is 9. The molecule has 1 aliphatic heterocycles. The molecule has 0 atom stereocenters. The van der Waals surface area contributed by atoms with E-state index in [1.807, 2.05) is 55.5 Å². The lowest BCUT2D eigenvalue weighted by molar-refractivity contribution is -0.142. The lowest BCUT2D eigenvalue weighted by Crippen LogP contribution is -2.52. The van der Waals surface area contributed by atoms with E-state index in [0.29, 0.717) is 30.4 Å². The number of benzene rings is 2. The van der Waals surface area contributed by atoms with Crippen molar-refractivity contribution < 1.29 is 19.1 Å². The molecule has 0 spiro atoms. The molecule has 3 aromatic rings. The fourth-order valence-corrected chi connectivity index (χ4v) is 4.73. The van der Waals surface area contributed by atoms with Gasteiger partial charge in [0.15, 0.2) is 5.13 Å². The Balaban J connectivity index is 1.19. The van der Waals surface area contributed by atoms with Gasteiger partial charge in [0.05, 0.1) is 16.8 Å². The second-order valence-electron chi connectivity index (χ2n) is 8.63. The molecular weight excluding hydrogens is 478 g/mol. The Labute approximate surface area is 214 Å². The topological polar surface area (TPSA) is 104 Å². The summed E-state index contributed by atoms with van der Waals surface area (Å²) in [5.74, 6) is -0.595. The normalized spacial score (nSPS) is 14.0. The number of ether oxygens (including phenoxy) is 1. The highest BCUT2D eigenvalue weighted by Crippen LogP contribution is 2.25. The number of anilines is 1. The number of thiazole rings is 1. The van der Waals surface area contributed by atoms with Crippen LogP contribution in [-0.2, 0) is 16.1 Å². The van der Waals surface area contributed by atoms with Crippen LogP contribution in [0.5, 0.6) is 0 Å². The number of piperazine rings is 1. The van der Waals surface area contributed by atoms with Crippen molar-refractivity contribution in [2.75, 3.05) is 44.6 Å². The number of esters is 1. The predicted octanol–water partition coefficient (Wildman–Crippen LogP) is 3.72. The van der Waals surface area contributed by atoms with Gasteiger partial charge >= 0.3 is 12.0 Å². The molecule has 1 saturated heterocycles. The molecule has 36 heavy (non-hydrogen) atoms. The number of carbonyl (C=O) groups is 3. The third kappa shape index (κ3) is 7.02. The van der Waals surface area contributed by atoms with Crippen LogP contribution in [0.25, 0.3) is 10.2 Å². The number of hydrogen-bond acceptors (Lipinski definition) is 7. The highest BCUT2D eigenvalue weighted by atomic mass is 32.1. The van der Waals surface area contributed by atoms with Gasteiger partial charge in [0.2, 0.25) is 0 Å². The van der Waals surface area contributed by atoms with Crippen LogP contribution in [0.3, 0.4) is 0 Å². The summed E-state index contributed by atoms with van der Waals surface area (Å²) in [5, 5.41) is 6.10. The first-order valence-corrected chi connectivity index (χ1v) is 13.0. The zero-order valence-electron chi connectivity index (χ0n) is 20.4. The first kappa shape index (κ1) is 25.6. The van der Waals surface area contributed by atoms with Gasteiger partial charge in [-0.15, -0.1) is 0 Å². The quantitative estimate of drug-likeness (QED) is 0.337. The van der Waals surface area contributed by atoms with E-state index in [1.54, 1.807) is 4.90 Å². The Morgan fingerprint density at radius 3 is 2.50 bits per heavy atom. The largest absolute Gasteiger partial charge is 0.464 e. The van der Waals surface area contributed by atoms with Gasteiger partial charge in [-0.3, -0.25) is 19.8 Å². The maximum Gasteiger partial charge on any atom is 0.325 e. The molecule has 4 rings (SSSR count). The summed E-state index contributed by atoms with van der Waals surface area (Å²) in [6.45, 7) is 5.66. The van der Waals surface area contributed by atoms with E-state index < -0.39 is 5.97 Å². The molecule has 190 valence electrons. The standard InChI is InChI=1S/C26H31N5O4S/c1-2-3-16-35-23(32)17-27-26(34)31-14-12-30(13-15-31)18-19-8-10-20(11-9-19)24(33)29-25-28-21-6-4-5-7-22(21)36-25/h4-11H,2-3,12-18H2,1H3,(H,27,34)(H,28,29,33). The van der Waals surface area contributed by atoms with Crippen molar-refractivity contribution >= 4 is 44.6 Å². The number of amides is 3. The Bertz CT molecular complexity index is 1160. The minimum atomic E-state index is -0.410. The predicted molar refractivity (Wildman–Crippen MR) is 140 cm³/mol. The van der Waals surface area contributed by atoms with Crippen molar-refractivity contribution in [3.05, 3.63) is 59.7 Å². The van der Waals surface area contributed by atoms with Gasteiger partial charge in [0.1, 0.15) is 6.54 Å². The molecule has 0 radical (unpaired) electrons. The summed E-state index contributed by atoms with van der Waals surface area (Å²) in [5.41, 5.74) is 2.54. The second-order valence-corrected chi connectivity index (χ2v) is 9.66. The first-order valence-electron chi connectivity index (χ1n) is 12.2. The smallest absolute Gasteiger partial charge is 0.325 e. The molecule has 1 fully saturated rings. The highest BCUT2D eigenvalue weighted by molar-refractivity contribution is 7.22. The van der Waals surface area contributed by atoms with E-state index in [2.05, 4.69) is 20.5 Å². The van der Waals surface area contributed by atoms with Gasteiger partial charge in [0.25, 0.3) is 5.91 Å². The van der Waals surface area contributed by atoms with Crippen molar-refractivity contribution in [3.63, 3.8) is 0 Å². The van der Waals surface area contributed by atoms with Crippen LogP contribution in [0.1, 0.15) is 35.7 Å². The fourth-order valence-electron chi connectivity index (χ4n) is 3.86. The fraction of sp³-hybridized carbons (Fsp3) is 0.385. The van der Waals surface area contributed by atoms with E-state index in [0.717, 1.165) is 48.3 Å². The molecule has 10 heteroatoms. The SMILES string of the molecule is CCCCOC(=O)CNC(=O)N1CCN(Cc2ccc(C(=O)Nc3nc4ccccc4s3)cc2)CC1. The number of hydrogen-bond donors (Lipinski definition) is 2. The van der Waals surface area contributed by atoms with Crippen LogP contribution in [0.4, 0.5) is 9.93 Å². The molecule has 0 saturated carbocycles. The second kappa shape index (κ2) is 12.5. The van der Waals surface area contributed by atoms with Gasteiger partial charge in [-0.2, -0.15) is 0 Å². The highest BCUT2D eigenvalue weighted by Gasteiger charge is 2.21. The van der Waals surface area contributed by atoms with E-state index in [9.17, 15) is 14.4 Å². The molecule has 0 unspecified atom stereocenters. The summed E-state index contributed by atoms with van der Waals surface area (Å²) in [7, 11) is 0. The number of nitrogens with zero attached hydrogens (tertiary/aromatic N) is 3. The Morgan fingerprint density at radius 1 is 1.03 bits per heavy atom. The molecule has 9 nitrogen and oxygen atoms in total. The van der Waals surface area contributed by atoms with Gasteiger partial charge in [-0.05, 0) is 36.2 Å². The van der Waals surface area contributed by atoms with Gasteiger partial charge in [0, 0.05) is 38.3 Å². The van der Waals surface area contributed by atoms with Crippen LogP contribution >= 0.6 is 11.3 Å². The van der Waals surface area contributed by atoms with E-state index in [1.165, 1.54) is 11.3 Å². The van der Waals surface area contributed by atoms with Crippen molar-refractivity contribution in [1.82, 2.24) is 20.1 Å². The molecule has 2 heterocycles. The van der Waals surface area contributed by atoms with Crippen LogP contribution in [0, 0.1) is 0 Å². The average molecular weight is 510 g/mol. The third-order valence-electron chi connectivity index (χ3n) is 5.94. The Hall–Kier alpha value is -3.50. The van der Waals surface area contributed by atoms with Crippen molar-refractivity contribution in [2.45, 2.75) is 26.3 Å². The van der Waals surface area contributed by atoms with E-state index in [-0.39, 0.29) is 18.5 Å². The minimum Gasteiger partial charge on any atom is -0.464 e. The van der Waals surface area contributed by atoms with Gasteiger partial charge in [-0.25, -0.2) is 9.78 Å². The number of unbranched alkanes of at least 4 members (excludes halogenated alkanes) is 1. The lowest BCUT2D eigenvalue weighted by atomic mass is 10.1. The number of para-hydroxylation sites is 1. The zero-order chi connectivity index (χ0) is 25.3. The Morgan fingerprint density at radius 2 is 1.78 bits per heavy atom. The zero-order valence-corrected chi connectivity index (χ0v) is 21.2. The maximum absolute atomic E-state index is 12.6. The van der Waals surface area contributed by atoms with Crippen molar-refractivity contribution in [3.8, 4) is 0 Å². The number of urea groups is 1. The summed E-state index contributed by atoms with van der Waals surface area (Å²) in [4.78, 5) is 45.0. The molecule has 0 aliphatic carbocycles. The number of carbonyl (C=O) groups excluding carboxylic acids is 3. The molecule has 2 N–H and O–H groups in total. The van der Waals surface area contributed by atoms with Gasteiger partial charge in [-0.1, -0.05) is 48.9 Å². The molecular formula is C26H31N5O4S. The maximum atomic E-state index is 12.6. The monoisotopic (exact) mass is 509 g/mol. The number of fused-ring (bicyclic) bond motifs is 1. The summed E-state index contributed by atoms with van der Waals surface area (Å²) in [6.07, 6.45) is 1.77. The van der Waals surface area contributed by atoms with Crippen molar-refractivity contribution in [1.29, 1.82) is 0 Å². The minimum absolute atomic E-state index is 0.109.